The predicted octanol–water partition coefficient (Wildman–Crippen LogP) is 3.39. The monoisotopic (exact) mass is 283 g/mol. The average molecular weight is 283 g/mol. The van der Waals surface area contributed by atoms with E-state index in [0.29, 0.717) is 6.04 Å². The lowest BCUT2D eigenvalue weighted by Crippen LogP contribution is -2.16. The Kier molecular flexibility index (Phi) is 4.15. The summed E-state index contributed by atoms with van der Waals surface area (Å²) in [5, 5.41) is 3.50. The third-order valence-electron chi connectivity index (χ3n) is 3.64. The largest absolute Gasteiger partial charge is 0.455 e. The van der Waals surface area contributed by atoms with Crippen LogP contribution in [0.2, 0.25) is 0 Å². The van der Waals surface area contributed by atoms with Gasteiger partial charge in [0.05, 0.1) is 5.69 Å². The first-order valence-electron chi connectivity index (χ1n) is 7.57. The molecule has 1 fully saturated rings. The molecule has 0 aromatic carbocycles. The molecule has 0 aliphatic heterocycles. The number of hydrogen-bond acceptors (Lipinski definition) is 4. The summed E-state index contributed by atoms with van der Waals surface area (Å²) in [6, 6.07) is 6.58. The molecular formula is C17H21N3O. The Morgan fingerprint density at radius 3 is 2.86 bits per heavy atom. The van der Waals surface area contributed by atoms with Crippen LogP contribution in [0.5, 0.6) is 11.5 Å². The average Bonchev–Trinajstić information content (AvgIpc) is 3.32. The lowest BCUT2D eigenvalue weighted by molar-refractivity contribution is 0.462. The molecule has 2 aromatic rings. The molecule has 3 rings (SSSR count). The number of rotatable bonds is 6. The molecular weight excluding hydrogens is 262 g/mol. The Hall–Kier alpha value is -1.94. The van der Waals surface area contributed by atoms with Gasteiger partial charge in [0.25, 0.3) is 0 Å². The van der Waals surface area contributed by atoms with E-state index in [9.17, 15) is 0 Å². The first-order valence-corrected chi connectivity index (χ1v) is 7.57. The zero-order valence-electron chi connectivity index (χ0n) is 12.6. The molecule has 0 spiro atoms. The highest BCUT2D eigenvalue weighted by Crippen LogP contribution is 2.28. The van der Waals surface area contributed by atoms with Crippen LogP contribution in [0.1, 0.15) is 36.7 Å². The van der Waals surface area contributed by atoms with E-state index in [0.717, 1.165) is 41.4 Å². The minimum absolute atomic E-state index is 0.672. The molecule has 21 heavy (non-hydrogen) atoms. The summed E-state index contributed by atoms with van der Waals surface area (Å²) in [5.74, 6) is 1.69. The van der Waals surface area contributed by atoms with Gasteiger partial charge in [0, 0.05) is 36.2 Å². The van der Waals surface area contributed by atoms with Crippen molar-refractivity contribution in [3.05, 3.63) is 47.5 Å². The second-order valence-electron chi connectivity index (χ2n) is 5.49. The summed E-state index contributed by atoms with van der Waals surface area (Å²) in [4.78, 5) is 8.75. The maximum absolute atomic E-state index is 6.10. The first kappa shape index (κ1) is 14.0. The van der Waals surface area contributed by atoms with Crippen molar-refractivity contribution < 1.29 is 4.74 Å². The Bertz CT molecular complexity index is 623. The molecule has 1 saturated carbocycles. The molecule has 1 N–H and O–H groups in total. The molecule has 0 bridgehead atoms. The number of nitrogens with one attached hydrogen (secondary N) is 1. The second-order valence-corrected chi connectivity index (χ2v) is 5.49. The molecule has 0 unspecified atom stereocenters. The van der Waals surface area contributed by atoms with Gasteiger partial charge in [-0.15, -0.1) is 0 Å². The molecule has 1 aliphatic carbocycles. The van der Waals surface area contributed by atoms with Crippen molar-refractivity contribution in [2.75, 3.05) is 0 Å². The van der Waals surface area contributed by atoms with Crippen molar-refractivity contribution in [2.45, 2.75) is 45.7 Å². The fourth-order valence-corrected chi connectivity index (χ4v) is 2.25. The molecule has 0 atom stereocenters. The van der Waals surface area contributed by atoms with Crippen molar-refractivity contribution >= 4 is 0 Å². The number of ether oxygens (including phenoxy) is 1. The third kappa shape index (κ3) is 3.58. The number of hydrogen-bond donors (Lipinski definition) is 1. The van der Waals surface area contributed by atoms with Crippen LogP contribution in [0.25, 0.3) is 0 Å². The Balaban J connectivity index is 1.80. The fourth-order valence-electron chi connectivity index (χ4n) is 2.25. The molecule has 4 heteroatoms. The van der Waals surface area contributed by atoms with Crippen molar-refractivity contribution in [2.24, 2.45) is 0 Å². The van der Waals surface area contributed by atoms with Crippen molar-refractivity contribution in [3.8, 4) is 11.5 Å². The molecule has 2 aromatic heterocycles. The summed E-state index contributed by atoms with van der Waals surface area (Å²) < 4.78 is 6.10. The number of aryl methyl sites for hydroxylation is 2. The Morgan fingerprint density at radius 2 is 2.10 bits per heavy atom. The highest BCUT2D eigenvalue weighted by molar-refractivity contribution is 5.38. The lowest BCUT2D eigenvalue weighted by atomic mass is 10.2. The quantitative estimate of drug-likeness (QED) is 0.882. The highest BCUT2D eigenvalue weighted by Gasteiger charge is 2.20. The van der Waals surface area contributed by atoms with Gasteiger partial charge in [-0.2, -0.15) is 0 Å². The maximum atomic E-state index is 6.10. The van der Waals surface area contributed by atoms with E-state index in [1.54, 1.807) is 6.20 Å². The van der Waals surface area contributed by atoms with Gasteiger partial charge in [-0.1, -0.05) is 6.92 Å². The van der Waals surface area contributed by atoms with Crippen LogP contribution in [0.3, 0.4) is 0 Å². The number of nitrogens with zero attached hydrogens (tertiary/aromatic N) is 2. The topological polar surface area (TPSA) is 47.0 Å². The SMILES string of the molecule is CCc1nc(C)ccc1Oc1ccncc1CNC1CC1. The van der Waals surface area contributed by atoms with E-state index in [4.69, 9.17) is 4.74 Å². The van der Waals surface area contributed by atoms with Crippen LogP contribution in [-0.2, 0) is 13.0 Å². The summed E-state index contributed by atoms with van der Waals surface area (Å²) in [5.41, 5.74) is 3.10. The summed E-state index contributed by atoms with van der Waals surface area (Å²) >= 11 is 0. The Morgan fingerprint density at radius 1 is 1.24 bits per heavy atom. The van der Waals surface area contributed by atoms with Gasteiger partial charge in [-0.3, -0.25) is 9.97 Å². The van der Waals surface area contributed by atoms with Crippen molar-refractivity contribution in [3.63, 3.8) is 0 Å². The maximum Gasteiger partial charge on any atom is 0.148 e. The minimum Gasteiger partial charge on any atom is -0.455 e. The van der Waals surface area contributed by atoms with E-state index in [2.05, 4.69) is 22.2 Å². The van der Waals surface area contributed by atoms with Crippen molar-refractivity contribution in [1.82, 2.24) is 15.3 Å². The smallest absolute Gasteiger partial charge is 0.148 e. The first-order chi connectivity index (χ1) is 10.3. The van der Waals surface area contributed by atoms with E-state index in [-0.39, 0.29) is 0 Å². The molecule has 0 saturated heterocycles. The van der Waals surface area contributed by atoms with E-state index >= 15 is 0 Å². The van der Waals surface area contributed by atoms with Crippen LogP contribution in [0.4, 0.5) is 0 Å². The molecule has 1 aliphatic rings. The highest BCUT2D eigenvalue weighted by atomic mass is 16.5. The second kappa shape index (κ2) is 6.22. The van der Waals surface area contributed by atoms with Gasteiger partial charge in [0.15, 0.2) is 0 Å². The summed E-state index contributed by atoms with van der Waals surface area (Å²) in [6.07, 6.45) is 7.05. The standard InChI is InChI=1S/C17H21N3O/c1-3-15-17(7-4-12(2)20-15)21-16-8-9-18-10-13(16)11-19-14-5-6-14/h4,7-10,14,19H,3,5-6,11H2,1-2H3. The number of aromatic nitrogens is 2. The third-order valence-corrected chi connectivity index (χ3v) is 3.64. The van der Waals surface area contributed by atoms with Gasteiger partial charge in [-0.25, -0.2) is 0 Å². The molecule has 4 nitrogen and oxygen atoms in total. The predicted molar refractivity (Wildman–Crippen MR) is 82.5 cm³/mol. The molecule has 0 radical (unpaired) electrons. The molecule has 0 amide bonds. The molecule has 110 valence electrons. The van der Waals surface area contributed by atoms with Crippen LogP contribution in [-0.4, -0.2) is 16.0 Å². The number of pyridine rings is 2. The van der Waals surface area contributed by atoms with Crippen molar-refractivity contribution in [1.29, 1.82) is 0 Å². The lowest BCUT2D eigenvalue weighted by Gasteiger charge is -2.13. The van der Waals surface area contributed by atoms with Gasteiger partial charge < -0.3 is 10.1 Å². The normalized spacial score (nSPS) is 14.2. The fraction of sp³-hybridized carbons (Fsp3) is 0.412. The Labute approximate surface area is 125 Å². The zero-order valence-corrected chi connectivity index (χ0v) is 12.6. The van der Waals surface area contributed by atoms with E-state index < -0.39 is 0 Å². The van der Waals surface area contributed by atoms with Gasteiger partial charge >= 0.3 is 0 Å². The van der Waals surface area contributed by atoms with E-state index in [1.807, 2.05) is 31.3 Å². The zero-order chi connectivity index (χ0) is 14.7. The minimum atomic E-state index is 0.672. The van der Waals surface area contributed by atoms with Crippen LogP contribution >= 0.6 is 0 Å². The van der Waals surface area contributed by atoms with Crippen LogP contribution in [0.15, 0.2) is 30.6 Å². The van der Waals surface area contributed by atoms with Gasteiger partial charge in [0.2, 0.25) is 0 Å². The van der Waals surface area contributed by atoms with E-state index in [1.165, 1.54) is 12.8 Å². The molecule has 2 heterocycles. The summed E-state index contributed by atoms with van der Waals surface area (Å²) in [7, 11) is 0. The summed E-state index contributed by atoms with van der Waals surface area (Å²) in [6.45, 7) is 4.89. The van der Waals surface area contributed by atoms with Gasteiger partial charge in [0.1, 0.15) is 11.5 Å². The van der Waals surface area contributed by atoms with Gasteiger partial charge in [-0.05, 0) is 44.4 Å². The van der Waals surface area contributed by atoms with Crippen LogP contribution in [0, 0.1) is 6.92 Å². The van der Waals surface area contributed by atoms with Crippen LogP contribution < -0.4 is 10.1 Å².